The van der Waals surface area contributed by atoms with Crippen LogP contribution in [0.4, 0.5) is 0 Å². The minimum absolute atomic E-state index is 0.175. The van der Waals surface area contributed by atoms with Crippen LogP contribution < -0.4 is 10.1 Å². The van der Waals surface area contributed by atoms with Gasteiger partial charge in [-0.05, 0) is 36.2 Å². The topological polar surface area (TPSA) is 84.9 Å². The van der Waals surface area contributed by atoms with Crippen molar-refractivity contribution in [2.75, 3.05) is 26.3 Å². The molecule has 1 fully saturated rings. The van der Waals surface area contributed by atoms with Gasteiger partial charge in [0, 0.05) is 25.1 Å². The van der Waals surface area contributed by atoms with E-state index in [4.69, 9.17) is 9.47 Å². The third-order valence-corrected chi connectivity index (χ3v) is 6.07. The minimum atomic E-state index is -0.889. The molecule has 0 spiro atoms. The Morgan fingerprint density at radius 1 is 0.971 bits per heavy atom. The van der Waals surface area contributed by atoms with E-state index in [1.807, 2.05) is 30.3 Å². The van der Waals surface area contributed by atoms with Gasteiger partial charge in [0.15, 0.2) is 0 Å². The van der Waals surface area contributed by atoms with Crippen molar-refractivity contribution in [3.05, 3.63) is 65.7 Å². The summed E-state index contributed by atoms with van der Waals surface area (Å²) < 4.78 is 11.1. The van der Waals surface area contributed by atoms with Crippen LogP contribution in [0.2, 0.25) is 0 Å². The highest BCUT2D eigenvalue weighted by atomic mass is 16.5. The Morgan fingerprint density at radius 3 is 2.46 bits per heavy atom. The van der Waals surface area contributed by atoms with Crippen LogP contribution >= 0.6 is 0 Å². The smallest absolute Gasteiger partial charge is 0.308 e. The summed E-state index contributed by atoms with van der Waals surface area (Å²) >= 11 is 0. The van der Waals surface area contributed by atoms with Gasteiger partial charge in [-0.25, -0.2) is 0 Å². The van der Waals surface area contributed by atoms with E-state index < -0.39 is 12.0 Å². The van der Waals surface area contributed by atoms with Crippen LogP contribution in [0, 0.1) is 0 Å². The summed E-state index contributed by atoms with van der Waals surface area (Å²) in [5.74, 6) is -0.406. The van der Waals surface area contributed by atoms with E-state index in [1.54, 1.807) is 24.3 Å². The number of ether oxygens (including phenoxy) is 2. The second kappa shape index (κ2) is 14.1. The molecular weight excluding hydrogens is 444 g/mol. The number of nitrogens with zero attached hydrogens (tertiary/aromatic N) is 1. The molecular formula is C28H36N2O5. The SMILES string of the molecule is CCCCCCCOc1ccc(C(=O)N2CCNC(=O)C2CC(=O)OCCc2ccccc2)cc1. The van der Waals surface area contributed by atoms with Gasteiger partial charge in [-0.2, -0.15) is 0 Å². The highest BCUT2D eigenvalue weighted by Gasteiger charge is 2.35. The van der Waals surface area contributed by atoms with Crippen LogP contribution in [-0.2, 0) is 20.7 Å². The van der Waals surface area contributed by atoms with E-state index in [0.29, 0.717) is 37.4 Å². The Morgan fingerprint density at radius 2 is 1.71 bits per heavy atom. The van der Waals surface area contributed by atoms with Gasteiger partial charge in [0.25, 0.3) is 5.91 Å². The average molecular weight is 481 g/mol. The molecule has 2 aromatic rings. The van der Waals surface area contributed by atoms with E-state index in [2.05, 4.69) is 12.2 Å². The van der Waals surface area contributed by atoms with Gasteiger partial charge in [-0.15, -0.1) is 0 Å². The molecule has 1 aliphatic heterocycles. The predicted octanol–water partition coefficient (Wildman–Crippen LogP) is 4.15. The average Bonchev–Trinajstić information content (AvgIpc) is 2.88. The maximum absolute atomic E-state index is 13.2. The first-order chi connectivity index (χ1) is 17.1. The first-order valence-corrected chi connectivity index (χ1v) is 12.6. The zero-order valence-corrected chi connectivity index (χ0v) is 20.5. The molecule has 2 amide bonds. The summed E-state index contributed by atoms with van der Waals surface area (Å²) in [5, 5.41) is 2.75. The molecule has 1 unspecified atom stereocenters. The Balaban J connectivity index is 1.51. The molecule has 1 heterocycles. The van der Waals surface area contributed by atoms with Crippen molar-refractivity contribution in [1.82, 2.24) is 10.2 Å². The molecule has 2 aromatic carbocycles. The van der Waals surface area contributed by atoms with Crippen LogP contribution in [0.3, 0.4) is 0 Å². The lowest BCUT2D eigenvalue weighted by atomic mass is 10.1. The van der Waals surface area contributed by atoms with Crippen LogP contribution in [0.15, 0.2) is 54.6 Å². The zero-order valence-electron chi connectivity index (χ0n) is 20.5. The van der Waals surface area contributed by atoms with Crippen LogP contribution in [0.1, 0.15) is 61.4 Å². The monoisotopic (exact) mass is 480 g/mol. The van der Waals surface area contributed by atoms with Crippen molar-refractivity contribution in [1.29, 1.82) is 0 Å². The summed E-state index contributed by atoms with van der Waals surface area (Å²) in [6, 6.07) is 15.8. The third-order valence-electron chi connectivity index (χ3n) is 6.07. The Bertz CT molecular complexity index is 946. The van der Waals surface area contributed by atoms with Gasteiger partial charge in [0.1, 0.15) is 11.8 Å². The highest BCUT2D eigenvalue weighted by Crippen LogP contribution is 2.18. The molecule has 0 radical (unpaired) electrons. The Hall–Kier alpha value is -3.35. The molecule has 0 aliphatic carbocycles. The molecule has 7 heteroatoms. The van der Waals surface area contributed by atoms with Crippen LogP contribution in [0.25, 0.3) is 0 Å². The fourth-order valence-electron chi connectivity index (χ4n) is 4.06. The predicted molar refractivity (Wildman–Crippen MR) is 134 cm³/mol. The minimum Gasteiger partial charge on any atom is -0.494 e. The number of unbranched alkanes of at least 4 members (excludes halogenated alkanes) is 4. The highest BCUT2D eigenvalue weighted by molar-refractivity contribution is 5.99. The van der Waals surface area contributed by atoms with Crippen molar-refractivity contribution in [3.63, 3.8) is 0 Å². The summed E-state index contributed by atoms with van der Waals surface area (Å²) in [7, 11) is 0. The van der Waals surface area contributed by atoms with Gasteiger partial charge >= 0.3 is 5.97 Å². The number of benzene rings is 2. The van der Waals surface area contributed by atoms with Crippen molar-refractivity contribution in [3.8, 4) is 5.75 Å². The van der Waals surface area contributed by atoms with Crippen LogP contribution in [-0.4, -0.2) is 55.0 Å². The van der Waals surface area contributed by atoms with Crippen molar-refractivity contribution in [2.45, 2.75) is 57.9 Å². The molecule has 1 saturated heterocycles. The largest absolute Gasteiger partial charge is 0.494 e. The number of esters is 1. The van der Waals surface area contributed by atoms with E-state index in [1.165, 1.54) is 24.2 Å². The quantitative estimate of drug-likeness (QED) is 0.344. The summed E-state index contributed by atoms with van der Waals surface area (Å²) in [6.07, 6.45) is 6.26. The maximum atomic E-state index is 13.2. The van der Waals surface area contributed by atoms with E-state index in [0.717, 1.165) is 18.4 Å². The normalized spacial score (nSPS) is 15.4. The molecule has 0 saturated carbocycles. The number of carbonyl (C=O) groups excluding carboxylic acids is 3. The van der Waals surface area contributed by atoms with Gasteiger partial charge in [0.05, 0.1) is 19.6 Å². The molecule has 7 nitrogen and oxygen atoms in total. The molecule has 1 atom stereocenters. The lowest BCUT2D eigenvalue weighted by Crippen LogP contribution is -2.57. The lowest BCUT2D eigenvalue weighted by molar-refractivity contribution is -0.147. The molecule has 3 rings (SSSR count). The van der Waals surface area contributed by atoms with Crippen molar-refractivity contribution >= 4 is 17.8 Å². The molecule has 1 aliphatic rings. The van der Waals surface area contributed by atoms with Gasteiger partial charge in [-0.3, -0.25) is 14.4 Å². The van der Waals surface area contributed by atoms with Gasteiger partial charge < -0.3 is 19.7 Å². The van der Waals surface area contributed by atoms with E-state index >= 15 is 0 Å². The molecule has 35 heavy (non-hydrogen) atoms. The molecule has 0 bridgehead atoms. The fraction of sp³-hybridized carbons (Fsp3) is 0.464. The van der Waals surface area contributed by atoms with E-state index in [9.17, 15) is 14.4 Å². The summed E-state index contributed by atoms with van der Waals surface area (Å²) in [6.45, 7) is 3.76. The number of carbonyl (C=O) groups is 3. The number of piperazine rings is 1. The number of hydrogen-bond donors (Lipinski definition) is 1. The third kappa shape index (κ3) is 8.42. The second-order valence-electron chi connectivity index (χ2n) is 8.75. The number of hydrogen-bond acceptors (Lipinski definition) is 5. The maximum Gasteiger partial charge on any atom is 0.308 e. The van der Waals surface area contributed by atoms with Crippen molar-refractivity contribution in [2.24, 2.45) is 0 Å². The second-order valence-corrected chi connectivity index (χ2v) is 8.75. The summed E-state index contributed by atoms with van der Waals surface area (Å²) in [4.78, 5) is 39.5. The number of nitrogens with one attached hydrogen (secondary N) is 1. The fourth-order valence-corrected chi connectivity index (χ4v) is 4.06. The zero-order chi connectivity index (χ0) is 24.9. The lowest BCUT2D eigenvalue weighted by Gasteiger charge is -2.34. The van der Waals surface area contributed by atoms with Gasteiger partial charge in [-0.1, -0.05) is 62.9 Å². The summed E-state index contributed by atoms with van der Waals surface area (Å²) in [5.41, 5.74) is 1.52. The molecule has 1 N–H and O–H groups in total. The van der Waals surface area contributed by atoms with Gasteiger partial charge in [0.2, 0.25) is 5.91 Å². The molecule has 0 aromatic heterocycles. The first-order valence-electron chi connectivity index (χ1n) is 12.6. The van der Waals surface area contributed by atoms with Crippen molar-refractivity contribution < 1.29 is 23.9 Å². The standard InChI is InChI=1S/C28H36N2O5/c1-2-3-4-5-9-19-34-24-14-12-23(13-15-24)28(33)30-18-17-29-27(32)25(30)21-26(31)35-20-16-22-10-7-6-8-11-22/h6-8,10-15,25H,2-5,9,16-21H2,1H3,(H,29,32). The van der Waals surface area contributed by atoms with Crippen LogP contribution in [0.5, 0.6) is 5.75 Å². The molecule has 188 valence electrons. The number of amides is 2. The number of rotatable bonds is 13. The first kappa shape index (κ1) is 26.3. The Kier molecular flexibility index (Phi) is 10.6. The van der Waals surface area contributed by atoms with E-state index in [-0.39, 0.29) is 24.8 Å². The Labute approximate surface area is 207 Å².